The number of anilines is 2. The van der Waals surface area contributed by atoms with Crippen molar-refractivity contribution in [2.24, 2.45) is 0 Å². The smallest absolute Gasteiger partial charge is 0.497 e. The van der Waals surface area contributed by atoms with Crippen LogP contribution in [0.1, 0.15) is 15.9 Å². The van der Waals surface area contributed by atoms with Gasteiger partial charge in [-0.1, -0.05) is 0 Å². The van der Waals surface area contributed by atoms with Gasteiger partial charge in [-0.15, -0.1) is 13.2 Å². The fourth-order valence-corrected chi connectivity index (χ4v) is 3.69. The summed E-state index contributed by atoms with van der Waals surface area (Å²) in [6.45, 7) is 2.65. The Morgan fingerprint density at radius 1 is 1.03 bits per heavy atom. The van der Waals surface area contributed by atoms with E-state index in [1.165, 1.54) is 12.1 Å². The molecule has 1 fully saturated rings. The lowest BCUT2D eigenvalue weighted by Gasteiger charge is -2.21. The second kappa shape index (κ2) is 10.0. The van der Waals surface area contributed by atoms with Crippen molar-refractivity contribution in [1.82, 2.24) is 9.88 Å². The molecule has 2 heterocycles. The largest absolute Gasteiger partial charge is 0.573 e. The Morgan fingerprint density at radius 3 is 2.41 bits per heavy atom. The van der Waals surface area contributed by atoms with E-state index in [-0.39, 0.29) is 11.7 Å². The normalized spacial score (nSPS) is 14.2. The molecule has 10 heteroatoms. The SMILES string of the molecule is COc1ccc(C(=O)Nc2cnccc2CN2CCN(c3ccc(OC(F)(F)F)cc3)C2)cc1. The second-order valence-corrected chi connectivity index (χ2v) is 7.71. The molecule has 0 unspecified atom stereocenters. The summed E-state index contributed by atoms with van der Waals surface area (Å²) < 4.78 is 46.2. The van der Waals surface area contributed by atoms with Gasteiger partial charge in [0.25, 0.3) is 5.91 Å². The lowest BCUT2D eigenvalue weighted by molar-refractivity contribution is -0.274. The van der Waals surface area contributed by atoms with Gasteiger partial charge in [-0.3, -0.25) is 14.7 Å². The number of pyridine rings is 1. The first kappa shape index (κ1) is 23.4. The van der Waals surface area contributed by atoms with Gasteiger partial charge in [0.05, 0.1) is 25.7 Å². The Hall–Kier alpha value is -3.79. The summed E-state index contributed by atoms with van der Waals surface area (Å²) in [7, 11) is 1.56. The molecule has 0 aliphatic carbocycles. The lowest BCUT2D eigenvalue weighted by atomic mass is 10.1. The van der Waals surface area contributed by atoms with E-state index in [0.717, 1.165) is 24.3 Å². The average Bonchev–Trinajstić information content (AvgIpc) is 3.28. The molecule has 1 N–H and O–H groups in total. The van der Waals surface area contributed by atoms with Crippen molar-refractivity contribution in [2.45, 2.75) is 12.9 Å². The maximum absolute atomic E-state index is 12.7. The molecule has 2 aromatic carbocycles. The summed E-state index contributed by atoms with van der Waals surface area (Å²) in [5.41, 5.74) is 2.84. The van der Waals surface area contributed by atoms with Crippen LogP contribution in [0, 0.1) is 0 Å². The Kier molecular flexibility index (Phi) is 6.87. The number of amides is 1. The van der Waals surface area contributed by atoms with Gasteiger partial charge >= 0.3 is 6.36 Å². The van der Waals surface area contributed by atoms with Gasteiger partial charge in [-0.2, -0.15) is 0 Å². The molecule has 0 radical (unpaired) electrons. The molecule has 178 valence electrons. The van der Waals surface area contributed by atoms with Crippen LogP contribution in [-0.4, -0.2) is 49.0 Å². The third-order valence-corrected chi connectivity index (χ3v) is 5.40. The van der Waals surface area contributed by atoms with E-state index in [0.29, 0.717) is 30.2 Å². The number of nitrogens with one attached hydrogen (secondary N) is 1. The molecule has 0 bridgehead atoms. The minimum absolute atomic E-state index is 0.249. The summed E-state index contributed by atoms with van der Waals surface area (Å²) >= 11 is 0. The quantitative estimate of drug-likeness (QED) is 0.546. The van der Waals surface area contributed by atoms with Gasteiger partial charge in [0.1, 0.15) is 11.5 Å². The van der Waals surface area contributed by atoms with Crippen molar-refractivity contribution >= 4 is 17.3 Å². The highest BCUT2D eigenvalue weighted by Crippen LogP contribution is 2.27. The predicted octanol–water partition coefficient (Wildman–Crippen LogP) is 4.52. The van der Waals surface area contributed by atoms with Crippen molar-refractivity contribution in [3.63, 3.8) is 0 Å². The fourth-order valence-electron chi connectivity index (χ4n) is 3.69. The minimum Gasteiger partial charge on any atom is -0.497 e. The molecule has 4 rings (SSSR count). The van der Waals surface area contributed by atoms with E-state index in [4.69, 9.17) is 4.74 Å². The molecular formula is C24H23F3N4O3. The number of carbonyl (C=O) groups is 1. The number of halogens is 3. The third kappa shape index (κ3) is 5.96. The van der Waals surface area contributed by atoms with E-state index in [2.05, 4.69) is 24.8 Å². The van der Waals surface area contributed by atoms with E-state index in [1.54, 1.807) is 55.9 Å². The molecule has 0 atom stereocenters. The van der Waals surface area contributed by atoms with E-state index >= 15 is 0 Å². The number of hydrogen-bond acceptors (Lipinski definition) is 6. The molecule has 34 heavy (non-hydrogen) atoms. The topological polar surface area (TPSA) is 66.9 Å². The van der Waals surface area contributed by atoms with Crippen LogP contribution in [0.15, 0.2) is 67.0 Å². The number of nitrogens with zero attached hydrogens (tertiary/aromatic N) is 3. The van der Waals surface area contributed by atoms with Gasteiger partial charge in [0.15, 0.2) is 0 Å². The lowest BCUT2D eigenvalue weighted by Crippen LogP contribution is -2.25. The van der Waals surface area contributed by atoms with Gasteiger partial charge in [0, 0.05) is 37.1 Å². The number of rotatable bonds is 7. The number of alkyl halides is 3. The van der Waals surface area contributed by atoms with Crippen molar-refractivity contribution in [3.8, 4) is 11.5 Å². The van der Waals surface area contributed by atoms with Crippen LogP contribution in [0.25, 0.3) is 0 Å². The Morgan fingerprint density at radius 2 is 1.74 bits per heavy atom. The van der Waals surface area contributed by atoms with Crippen LogP contribution in [0.3, 0.4) is 0 Å². The minimum atomic E-state index is -4.71. The molecule has 0 saturated carbocycles. The van der Waals surface area contributed by atoms with Crippen LogP contribution in [-0.2, 0) is 6.54 Å². The van der Waals surface area contributed by atoms with Crippen molar-refractivity contribution in [3.05, 3.63) is 78.1 Å². The first-order valence-corrected chi connectivity index (χ1v) is 10.5. The summed E-state index contributed by atoms with van der Waals surface area (Å²) in [4.78, 5) is 21.0. The number of methoxy groups -OCH3 is 1. The molecule has 1 amide bonds. The number of benzene rings is 2. The van der Waals surface area contributed by atoms with Crippen molar-refractivity contribution in [1.29, 1.82) is 0 Å². The highest BCUT2D eigenvalue weighted by atomic mass is 19.4. The number of carbonyl (C=O) groups excluding carboxylic acids is 1. The molecule has 1 aromatic heterocycles. The highest BCUT2D eigenvalue weighted by molar-refractivity contribution is 6.04. The monoisotopic (exact) mass is 472 g/mol. The zero-order valence-electron chi connectivity index (χ0n) is 18.4. The zero-order valence-corrected chi connectivity index (χ0v) is 18.4. The highest BCUT2D eigenvalue weighted by Gasteiger charge is 2.31. The summed E-state index contributed by atoms with van der Waals surface area (Å²) in [5.74, 6) is 0.169. The number of hydrogen-bond donors (Lipinski definition) is 1. The molecule has 3 aromatic rings. The molecule has 0 spiro atoms. The van der Waals surface area contributed by atoms with Gasteiger partial charge in [0.2, 0.25) is 0 Å². The van der Waals surface area contributed by atoms with Crippen LogP contribution in [0.4, 0.5) is 24.5 Å². The van der Waals surface area contributed by atoms with Crippen molar-refractivity contribution < 1.29 is 27.4 Å². The number of ether oxygens (including phenoxy) is 2. The fraction of sp³-hybridized carbons (Fsp3) is 0.250. The first-order chi connectivity index (χ1) is 16.3. The van der Waals surface area contributed by atoms with Crippen LogP contribution < -0.4 is 19.7 Å². The maximum Gasteiger partial charge on any atom is 0.573 e. The predicted molar refractivity (Wildman–Crippen MR) is 121 cm³/mol. The Bertz CT molecular complexity index is 1120. The molecule has 7 nitrogen and oxygen atoms in total. The van der Waals surface area contributed by atoms with E-state index < -0.39 is 6.36 Å². The molecule has 1 aliphatic heterocycles. The van der Waals surface area contributed by atoms with Crippen LogP contribution in [0.5, 0.6) is 11.5 Å². The summed E-state index contributed by atoms with van der Waals surface area (Å²) in [6.07, 6.45) is -1.42. The summed E-state index contributed by atoms with van der Waals surface area (Å²) in [5, 5.41) is 2.92. The number of aromatic nitrogens is 1. The molecule has 1 aliphatic rings. The van der Waals surface area contributed by atoms with Gasteiger partial charge < -0.3 is 19.7 Å². The van der Waals surface area contributed by atoms with E-state index in [9.17, 15) is 18.0 Å². The summed E-state index contributed by atoms with van der Waals surface area (Å²) in [6, 6.07) is 14.5. The zero-order chi connectivity index (χ0) is 24.1. The van der Waals surface area contributed by atoms with Crippen LogP contribution >= 0.6 is 0 Å². The van der Waals surface area contributed by atoms with Gasteiger partial charge in [-0.25, -0.2) is 0 Å². The second-order valence-electron chi connectivity index (χ2n) is 7.71. The Labute approximate surface area is 194 Å². The molecule has 1 saturated heterocycles. The Balaban J connectivity index is 1.38. The third-order valence-electron chi connectivity index (χ3n) is 5.40. The average molecular weight is 472 g/mol. The van der Waals surface area contributed by atoms with E-state index in [1.807, 2.05) is 6.07 Å². The first-order valence-electron chi connectivity index (χ1n) is 10.5. The van der Waals surface area contributed by atoms with Crippen molar-refractivity contribution in [2.75, 3.05) is 37.1 Å². The molecular weight excluding hydrogens is 449 g/mol. The standard InChI is InChI=1S/C24H23F3N4O3/c1-33-20-6-2-17(3-7-20)23(32)29-22-14-28-11-10-18(22)15-30-12-13-31(16-30)19-4-8-21(9-5-19)34-24(25,26)27/h2-11,14H,12-13,15-16H2,1H3,(H,29,32). The van der Waals surface area contributed by atoms with Crippen LogP contribution in [0.2, 0.25) is 0 Å². The maximum atomic E-state index is 12.7. The van der Waals surface area contributed by atoms with Gasteiger partial charge in [-0.05, 0) is 60.2 Å².